The predicted octanol–water partition coefficient (Wildman–Crippen LogP) is 5.36. The first-order chi connectivity index (χ1) is 22.0. The molecule has 16 heteroatoms. The molecule has 0 bridgehead atoms. The van der Waals surface area contributed by atoms with Crippen LogP contribution in [0.1, 0.15) is 45.0 Å². The third-order valence-corrected chi connectivity index (χ3v) is 8.85. The fourth-order valence-electron chi connectivity index (χ4n) is 4.25. The van der Waals surface area contributed by atoms with E-state index in [1.54, 1.807) is 0 Å². The molecule has 4 aromatic rings. The van der Waals surface area contributed by atoms with Gasteiger partial charge in [-0.1, -0.05) is 6.58 Å². The average Bonchev–Trinajstić information content (AvgIpc) is 3.70. The Kier molecular flexibility index (Phi) is 11.2. The van der Waals surface area contributed by atoms with Gasteiger partial charge in [-0.25, -0.2) is 19.7 Å². The second-order valence-corrected chi connectivity index (χ2v) is 11.9. The number of hydrogen-bond acceptors (Lipinski definition) is 12. The highest BCUT2D eigenvalue weighted by Crippen LogP contribution is 2.42. The summed E-state index contributed by atoms with van der Waals surface area (Å²) in [5, 5.41) is 17.4. The summed E-state index contributed by atoms with van der Waals surface area (Å²) in [5.41, 5.74) is 3.19. The lowest BCUT2D eigenvalue weighted by molar-refractivity contribution is -0.129. The minimum atomic E-state index is -0.788. The number of hydrogen-bond donors (Lipinski definition) is 4. The highest BCUT2D eigenvalue weighted by Gasteiger charge is 2.23. The lowest BCUT2D eigenvalue weighted by Crippen LogP contribution is -2.19. The number of methoxy groups -OCH3 is 2. The number of carbonyl (C=O) groups excluding carboxylic acids is 4. The first-order valence-electron chi connectivity index (χ1n) is 13.5. The van der Waals surface area contributed by atoms with E-state index in [0.29, 0.717) is 9.40 Å². The van der Waals surface area contributed by atoms with E-state index in [2.05, 4.69) is 6.58 Å². The van der Waals surface area contributed by atoms with Crippen LogP contribution in [-0.4, -0.2) is 61.2 Å². The second kappa shape index (κ2) is 15.1. The fraction of sp³-hybridized carbons (Fsp3) is 0.267. The molecule has 0 aliphatic carbocycles. The molecule has 0 saturated carbocycles. The largest absolute Gasteiger partial charge is 0.493 e. The molecule has 12 nitrogen and oxygen atoms in total. The number of nitrogens with one attached hydrogen (secondary N) is 2. The molecule has 0 spiro atoms. The van der Waals surface area contributed by atoms with Crippen molar-refractivity contribution in [1.29, 1.82) is 0 Å². The average molecular weight is 679 g/mol. The van der Waals surface area contributed by atoms with Gasteiger partial charge in [0.05, 0.1) is 24.0 Å². The number of ketones is 2. The Labute approximate surface area is 268 Å². The molecular formula is C30H28F2N2O10S2. The number of thiophene rings is 2. The summed E-state index contributed by atoms with van der Waals surface area (Å²) >= 11 is 2.03. The maximum atomic E-state index is 15.5. The van der Waals surface area contributed by atoms with Gasteiger partial charge in [-0.05, 0) is 17.7 Å². The van der Waals surface area contributed by atoms with Crippen molar-refractivity contribution in [2.24, 2.45) is 0 Å². The smallest absolute Gasteiger partial charge is 0.243 e. The van der Waals surface area contributed by atoms with Crippen LogP contribution < -0.4 is 29.9 Å². The third-order valence-electron chi connectivity index (χ3n) is 6.60. The van der Waals surface area contributed by atoms with Crippen molar-refractivity contribution in [3.05, 3.63) is 57.8 Å². The first-order valence-corrected chi connectivity index (χ1v) is 15.1. The number of halogens is 2. The van der Waals surface area contributed by atoms with Crippen molar-refractivity contribution in [1.82, 2.24) is 11.0 Å². The van der Waals surface area contributed by atoms with E-state index in [9.17, 15) is 19.2 Å². The quantitative estimate of drug-likeness (QED) is 0.0524. The van der Waals surface area contributed by atoms with Gasteiger partial charge in [0.2, 0.25) is 11.8 Å². The highest BCUT2D eigenvalue weighted by molar-refractivity contribution is 7.21. The Hall–Kier alpha value is -4.64. The molecule has 244 valence electrons. The van der Waals surface area contributed by atoms with E-state index in [0.717, 1.165) is 22.7 Å². The van der Waals surface area contributed by atoms with Gasteiger partial charge >= 0.3 is 0 Å². The highest BCUT2D eigenvalue weighted by atomic mass is 32.1. The van der Waals surface area contributed by atoms with Crippen molar-refractivity contribution in [2.75, 3.05) is 27.4 Å². The number of carbonyl (C=O) groups is 4. The van der Waals surface area contributed by atoms with Crippen LogP contribution in [0.2, 0.25) is 0 Å². The molecule has 2 aromatic heterocycles. The molecule has 0 saturated heterocycles. The summed E-state index contributed by atoms with van der Waals surface area (Å²) in [4.78, 5) is 47.9. The Morgan fingerprint density at radius 2 is 1.11 bits per heavy atom. The standard InChI is InChI=1S/C30H28F2N2O10S2/c1-14(12-43-29-19(41-2)10-21-15(27(29)31)8-23(45-21)17(35)4-6-25(37)33-39)13-44-30-20(42-3)11-22-16(28(30)32)9-24(46-22)18(36)5-7-26(38)34-40/h8-11,39-40H,1,4-7,12-13H2,2-3H3,(H,33,37)(H,34,38). The zero-order valence-corrected chi connectivity index (χ0v) is 26.1. The van der Waals surface area contributed by atoms with Gasteiger partial charge in [0.1, 0.15) is 13.2 Å². The zero-order valence-electron chi connectivity index (χ0n) is 24.5. The van der Waals surface area contributed by atoms with E-state index in [-0.39, 0.29) is 88.0 Å². The summed E-state index contributed by atoms with van der Waals surface area (Å²) in [6.45, 7) is 3.35. The Morgan fingerprint density at radius 1 is 0.717 bits per heavy atom. The van der Waals surface area contributed by atoms with Crippen LogP contribution in [0.25, 0.3) is 20.2 Å². The molecule has 2 aromatic carbocycles. The maximum Gasteiger partial charge on any atom is 0.243 e. The van der Waals surface area contributed by atoms with Crippen molar-refractivity contribution in [2.45, 2.75) is 25.7 Å². The zero-order chi connectivity index (χ0) is 33.5. The molecule has 0 atom stereocenters. The van der Waals surface area contributed by atoms with Crippen LogP contribution in [0.4, 0.5) is 8.78 Å². The summed E-state index contributed by atoms with van der Waals surface area (Å²) in [7, 11) is 2.64. The van der Waals surface area contributed by atoms with Crippen LogP contribution in [-0.2, 0) is 9.59 Å². The van der Waals surface area contributed by atoms with Gasteiger partial charge in [-0.15, -0.1) is 22.7 Å². The number of rotatable bonds is 16. The second-order valence-electron chi connectivity index (χ2n) is 9.73. The molecule has 0 fully saturated rings. The number of hydroxylamine groups is 2. The normalized spacial score (nSPS) is 10.9. The number of amides is 2. The molecule has 2 amide bonds. The third kappa shape index (κ3) is 7.59. The molecule has 0 aliphatic rings. The van der Waals surface area contributed by atoms with Gasteiger partial charge in [0.25, 0.3) is 0 Å². The lowest BCUT2D eigenvalue weighted by atomic mass is 10.1. The summed E-state index contributed by atoms with van der Waals surface area (Å²) in [6, 6.07) is 5.70. The first kappa shape index (κ1) is 34.2. The van der Waals surface area contributed by atoms with Gasteiger partial charge < -0.3 is 18.9 Å². The molecule has 0 unspecified atom stereocenters. The van der Waals surface area contributed by atoms with Crippen LogP contribution in [0.15, 0.2) is 36.4 Å². The monoisotopic (exact) mass is 678 g/mol. The number of ether oxygens (including phenoxy) is 4. The number of benzene rings is 2. The van der Waals surface area contributed by atoms with Crippen LogP contribution in [0.5, 0.6) is 23.0 Å². The molecule has 0 aliphatic heterocycles. The minimum absolute atomic E-state index is 0.0530. The van der Waals surface area contributed by atoms with E-state index in [1.807, 2.05) is 0 Å². The topological polar surface area (TPSA) is 170 Å². The van der Waals surface area contributed by atoms with Gasteiger partial charge in [0.15, 0.2) is 46.2 Å². The molecule has 4 rings (SSSR count). The molecular weight excluding hydrogens is 650 g/mol. The van der Waals surface area contributed by atoms with E-state index >= 15 is 8.78 Å². The Bertz CT molecular complexity index is 1710. The molecule has 46 heavy (non-hydrogen) atoms. The fourth-order valence-corrected chi connectivity index (χ4v) is 6.36. The summed E-state index contributed by atoms with van der Waals surface area (Å²) < 4.78 is 53.8. The predicted molar refractivity (Wildman–Crippen MR) is 164 cm³/mol. The van der Waals surface area contributed by atoms with Crippen LogP contribution >= 0.6 is 22.7 Å². The minimum Gasteiger partial charge on any atom is -0.493 e. The molecule has 2 heterocycles. The SMILES string of the molecule is C=C(COc1c(OC)cc2sc(C(=O)CCC(=O)NO)cc2c1F)COc1c(OC)cc2sc(C(=O)CCC(=O)NO)cc2c1F. The van der Waals surface area contributed by atoms with Crippen molar-refractivity contribution < 1.29 is 57.3 Å². The summed E-state index contributed by atoms with van der Waals surface area (Å²) in [5.74, 6) is -4.22. The van der Waals surface area contributed by atoms with E-state index in [4.69, 9.17) is 29.4 Å². The van der Waals surface area contributed by atoms with Gasteiger partial charge in [-0.3, -0.25) is 29.6 Å². The van der Waals surface area contributed by atoms with Crippen molar-refractivity contribution in [3.8, 4) is 23.0 Å². The van der Waals surface area contributed by atoms with Gasteiger partial charge in [0, 0.05) is 58.0 Å². The van der Waals surface area contributed by atoms with Crippen molar-refractivity contribution >= 4 is 66.2 Å². The van der Waals surface area contributed by atoms with Crippen LogP contribution in [0, 0.1) is 11.6 Å². The van der Waals surface area contributed by atoms with Crippen LogP contribution in [0.3, 0.4) is 0 Å². The Balaban J connectivity index is 1.46. The van der Waals surface area contributed by atoms with E-state index in [1.165, 1.54) is 49.4 Å². The molecule has 0 radical (unpaired) electrons. The van der Waals surface area contributed by atoms with Crippen molar-refractivity contribution in [3.63, 3.8) is 0 Å². The maximum absolute atomic E-state index is 15.5. The lowest BCUT2D eigenvalue weighted by Gasteiger charge is -2.15. The number of fused-ring (bicyclic) bond motifs is 2. The molecule has 4 N–H and O–H groups in total. The Morgan fingerprint density at radius 3 is 1.46 bits per heavy atom. The van der Waals surface area contributed by atoms with Gasteiger partial charge in [-0.2, -0.15) is 0 Å². The summed E-state index contributed by atoms with van der Waals surface area (Å²) in [6.07, 6.45) is -0.842. The number of Topliss-reactive ketones (excluding diaryl/α,β-unsaturated/α-hetero) is 2. The van der Waals surface area contributed by atoms with E-state index < -0.39 is 35.0 Å².